The van der Waals surface area contributed by atoms with E-state index in [1.54, 1.807) is 19.2 Å². The molecule has 3 rings (SSSR count). The van der Waals surface area contributed by atoms with Crippen LogP contribution in [0, 0.1) is 40.9 Å². The average molecular weight is 681 g/mol. The van der Waals surface area contributed by atoms with Gasteiger partial charge in [-0.15, -0.1) is 0 Å². The Hall–Kier alpha value is -4.44. The predicted molar refractivity (Wildman–Crippen MR) is 150 cm³/mol. The maximum absolute atomic E-state index is 14.1. The number of alkyl halides is 3. The summed E-state index contributed by atoms with van der Waals surface area (Å²) in [6.45, 7) is 2.16. The molecular weight excluding hydrogens is 648 g/mol. The first-order chi connectivity index (χ1) is 21.9. The van der Waals surface area contributed by atoms with Gasteiger partial charge in [-0.1, -0.05) is 26.0 Å². The lowest BCUT2D eigenvalue weighted by molar-refractivity contribution is -0.161. The normalized spacial score (nSPS) is 16.7. The quantitative estimate of drug-likeness (QED) is 0.203. The summed E-state index contributed by atoms with van der Waals surface area (Å²) in [7, 11) is 1.05. The number of hydrogen-bond donors (Lipinski definition) is 3. The molecule has 17 heteroatoms. The van der Waals surface area contributed by atoms with Gasteiger partial charge in [0.2, 0.25) is 29.5 Å². The molecule has 1 saturated heterocycles. The van der Waals surface area contributed by atoms with Gasteiger partial charge in [0.15, 0.2) is 23.2 Å². The van der Waals surface area contributed by atoms with Gasteiger partial charge in [0, 0.05) is 25.6 Å². The van der Waals surface area contributed by atoms with E-state index in [1.165, 1.54) is 12.1 Å². The number of halogens is 8. The fourth-order valence-electron chi connectivity index (χ4n) is 4.94. The first-order valence-electron chi connectivity index (χ1n) is 14.3. The van der Waals surface area contributed by atoms with E-state index in [4.69, 9.17) is 4.74 Å². The summed E-state index contributed by atoms with van der Waals surface area (Å²) >= 11 is 0. The molecule has 47 heavy (non-hydrogen) atoms. The molecule has 9 nitrogen and oxygen atoms in total. The van der Waals surface area contributed by atoms with Crippen LogP contribution in [0.2, 0.25) is 0 Å². The number of rotatable bonds is 14. The molecule has 1 heterocycles. The van der Waals surface area contributed by atoms with Crippen molar-refractivity contribution in [2.75, 3.05) is 25.5 Å². The molecule has 2 aromatic carbocycles. The van der Waals surface area contributed by atoms with Crippen molar-refractivity contribution >= 4 is 29.2 Å². The zero-order valence-electron chi connectivity index (χ0n) is 25.3. The molecule has 2 aromatic rings. The highest BCUT2D eigenvalue weighted by Crippen LogP contribution is 2.28. The number of Topliss-reactive ketones (excluding diaryl/α,β-unsaturated/α-hetero) is 1. The summed E-state index contributed by atoms with van der Waals surface area (Å²) in [6.07, 6.45) is -5.65. The van der Waals surface area contributed by atoms with E-state index >= 15 is 0 Å². The van der Waals surface area contributed by atoms with Crippen LogP contribution >= 0.6 is 0 Å². The van der Waals surface area contributed by atoms with E-state index in [0.717, 1.165) is 24.1 Å². The Labute approximate surface area is 264 Å². The summed E-state index contributed by atoms with van der Waals surface area (Å²) in [4.78, 5) is 53.1. The lowest BCUT2D eigenvalue weighted by atomic mass is 9.94. The van der Waals surface area contributed by atoms with Crippen LogP contribution < -0.4 is 20.7 Å². The number of hydrogen-bond acceptors (Lipinski definition) is 6. The molecule has 0 aliphatic carbocycles. The van der Waals surface area contributed by atoms with Crippen molar-refractivity contribution in [2.45, 2.75) is 57.4 Å². The maximum Gasteiger partial charge on any atom is 0.417 e. The number of para-hydroxylation sites is 1. The second-order valence-electron chi connectivity index (χ2n) is 11.3. The number of benzene rings is 2. The van der Waals surface area contributed by atoms with Crippen LogP contribution in [0.15, 0.2) is 30.3 Å². The van der Waals surface area contributed by atoms with Crippen LogP contribution in [-0.4, -0.2) is 72.9 Å². The van der Waals surface area contributed by atoms with Crippen molar-refractivity contribution in [2.24, 2.45) is 11.8 Å². The van der Waals surface area contributed by atoms with E-state index < -0.39 is 107 Å². The lowest BCUT2D eigenvalue weighted by Gasteiger charge is -2.33. The molecule has 0 spiro atoms. The van der Waals surface area contributed by atoms with Crippen LogP contribution in [0.5, 0.6) is 5.75 Å². The molecule has 258 valence electrons. The summed E-state index contributed by atoms with van der Waals surface area (Å²) in [5.41, 5.74) is -0.639. The number of likely N-dealkylation sites (N-methyl/N-ethyl adjacent to an activating group) is 1. The van der Waals surface area contributed by atoms with Gasteiger partial charge in [-0.05, 0) is 37.3 Å². The Morgan fingerprint density at radius 2 is 1.64 bits per heavy atom. The Morgan fingerprint density at radius 3 is 2.17 bits per heavy atom. The second kappa shape index (κ2) is 15.4. The summed E-state index contributed by atoms with van der Waals surface area (Å²) in [5, 5.41) is 6.34. The maximum atomic E-state index is 14.1. The van der Waals surface area contributed by atoms with Crippen molar-refractivity contribution in [3.63, 3.8) is 0 Å². The molecule has 0 saturated carbocycles. The topological polar surface area (TPSA) is 117 Å². The number of anilines is 1. The Bertz CT molecular complexity index is 1460. The summed E-state index contributed by atoms with van der Waals surface area (Å²) in [6, 6.07) is -2.08. The molecule has 1 fully saturated rings. The van der Waals surface area contributed by atoms with Crippen molar-refractivity contribution in [3.05, 3.63) is 59.4 Å². The van der Waals surface area contributed by atoms with Crippen molar-refractivity contribution in [1.29, 1.82) is 0 Å². The summed E-state index contributed by atoms with van der Waals surface area (Å²) < 4.78 is 116. The molecule has 3 amide bonds. The standard InChI is InChI=1S/C30H32F8N4O5/c1-14(2)10-20(41-28(45)26(30(36,37)38)40-19-7-5-4-6-16(19)31)29(46)42(3)21(11-15-8-9-39-27(15)44)22(43)13-47-25-23(34)17(32)12-18(33)24(25)35/h4-7,12,14-15,20-21,26,40H,8-11,13H2,1-3H3,(H,39,44)(H,41,45)/t15?,20-,21+,26?/m0/s1. The Balaban J connectivity index is 1.89. The fourth-order valence-corrected chi connectivity index (χ4v) is 4.94. The third-order valence-corrected chi connectivity index (χ3v) is 7.37. The molecular formula is C30H32F8N4O5. The molecule has 3 N–H and O–H groups in total. The second-order valence-corrected chi connectivity index (χ2v) is 11.3. The highest BCUT2D eigenvalue weighted by atomic mass is 19.4. The lowest BCUT2D eigenvalue weighted by Crippen LogP contribution is -2.58. The van der Waals surface area contributed by atoms with Gasteiger partial charge < -0.3 is 25.6 Å². The van der Waals surface area contributed by atoms with Gasteiger partial charge in [-0.3, -0.25) is 19.2 Å². The van der Waals surface area contributed by atoms with Crippen molar-refractivity contribution < 1.29 is 59.0 Å². The molecule has 1 aliphatic heterocycles. The van der Waals surface area contributed by atoms with Gasteiger partial charge in [0.05, 0.1) is 11.7 Å². The number of nitrogens with one attached hydrogen (secondary N) is 3. The zero-order chi connectivity index (χ0) is 35.2. The van der Waals surface area contributed by atoms with E-state index in [-0.39, 0.29) is 31.9 Å². The molecule has 0 bridgehead atoms. The first kappa shape index (κ1) is 37.0. The zero-order valence-corrected chi connectivity index (χ0v) is 25.3. The van der Waals surface area contributed by atoms with Gasteiger partial charge >= 0.3 is 6.18 Å². The fraction of sp³-hybridized carbons (Fsp3) is 0.467. The van der Waals surface area contributed by atoms with E-state index in [1.807, 2.05) is 5.32 Å². The smallest absolute Gasteiger partial charge is 0.417 e. The number of ketones is 1. The number of carbonyl (C=O) groups excluding carboxylic acids is 4. The van der Waals surface area contributed by atoms with Gasteiger partial charge in [0.25, 0.3) is 5.91 Å². The monoisotopic (exact) mass is 680 g/mol. The van der Waals surface area contributed by atoms with Crippen LogP contribution in [-0.2, 0) is 19.2 Å². The molecule has 0 aromatic heterocycles. The van der Waals surface area contributed by atoms with Crippen LogP contribution in [0.4, 0.5) is 40.8 Å². The van der Waals surface area contributed by atoms with Gasteiger partial charge in [0.1, 0.15) is 18.5 Å². The van der Waals surface area contributed by atoms with Crippen LogP contribution in [0.1, 0.15) is 33.1 Å². The molecule has 0 radical (unpaired) electrons. The third-order valence-electron chi connectivity index (χ3n) is 7.37. The molecule has 1 aliphatic rings. The van der Waals surface area contributed by atoms with Crippen molar-refractivity contribution in [1.82, 2.24) is 15.5 Å². The third kappa shape index (κ3) is 9.32. The minimum Gasteiger partial charge on any atom is -0.479 e. The molecule has 2 unspecified atom stereocenters. The number of ether oxygens (including phenoxy) is 1. The Kier molecular flexibility index (Phi) is 12.2. The molecule has 4 atom stereocenters. The van der Waals surface area contributed by atoms with E-state index in [2.05, 4.69) is 5.32 Å². The average Bonchev–Trinajstić information content (AvgIpc) is 3.40. The highest BCUT2D eigenvalue weighted by molar-refractivity contribution is 5.95. The van der Waals surface area contributed by atoms with Crippen LogP contribution in [0.25, 0.3) is 0 Å². The Morgan fingerprint density at radius 1 is 1.02 bits per heavy atom. The highest BCUT2D eigenvalue weighted by Gasteiger charge is 2.47. The largest absolute Gasteiger partial charge is 0.479 e. The SMILES string of the molecule is CC(C)C[C@H](NC(=O)C(Nc1ccccc1F)C(F)(F)F)C(=O)N(C)[C@H](CC1CCNC1=O)C(=O)COc1c(F)c(F)cc(F)c1F. The van der Waals surface area contributed by atoms with Crippen LogP contribution in [0.3, 0.4) is 0 Å². The van der Waals surface area contributed by atoms with Gasteiger partial charge in [-0.2, -0.15) is 22.0 Å². The van der Waals surface area contributed by atoms with E-state index in [0.29, 0.717) is 0 Å². The number of carbonyl (C=O) groups is 4. The van der Waals surface area contributed by atoms with Gasteiger partial charge in [-0.25, -0.2) is 13.2 Å². The van der Waals surface area contributed by atoms with E-state index in [9.17, 15) is 54.3 Å². The number of amides is 3. The number of nitrogens with zero attached hydrogens (tertiary/aromatic N) is 1. The van der Waals surface area contributed by atoms with Crippen molar-refractivity contribution in [3.8, 4) is 5.75 Å². The predicted octanol–water partition coefficient (Wildman–Crippen LogP) is 4.26. The first-order valence-corrected chi connectivity index (χ1v) is 14.3. The minimum absolute atomic E-state index is 0.0777. The minimum atomic E-state index is -5.25. The summed E-state index contributed by atoms with van der Waals surface area (Å²) in [5.74, 6) is -15.8.